The van der Waals surface area contributed by atoms with E-state index in [1.54, 1.807) is 0 Å². The molecule has 0 fully saturated rings. The predicted octanol–water partition coefficient (Wildman–Crippen LogP) is 2.21. The molecule has 0 aliphatic heterocycles. The molecule has 0 aromatic rings. The summed E-state index contributed by atoms with van der Waals surface area (Å²) in [6.07, 6.45) is 6.31. The topological polar surface area (TPSA) is 169 Å². The molecule has 0 saturated carbocycles. The Morgan fingerprint density at radius 3 is 1.08 bits per heavy atom. The van der Waals surface area contributed by atoms with Gasteiger partial charge in [-0.3, -0.25) is 19.2 Å². The van der Waals surface area contributed by atoms with Gasteiger partial charge < -0.3 is 25.5 Å². The number of carboxylic acids is 4. The second kappa shape index (κ2) is 21.8. The van der Waals surface area contributed by atoms with Crippen LogP contribution in [0, 0.1) is 0 Å². The van der Waals surface area contributed by atoms with Crippen molar-refractivity contribution < 1.29 is 44.7 Å². The SMILES string of the molecule is CCCCCCCCO.O=C(O)CCC(=O)O.O=C(O)CCC(=O)O. The van der Waals surface area contributed by atoms with Crippen molar-refractivity contribution in [2.24, 2.45) is 0 Å². The molecule has 0 radical (unpaired) electrons. The molecule has 0 aliphatic rings. The second-order valence-electron chi connectivity index (χ2n) is 5.07. The van der Waals surface area contributed by atoms with Gasteiger partial charge in [0, 0.05) is 6.61 Å². The van der Waals surface area contributed by atoms with Crippen molar-refractivity contribution in [3.8, 4) is 0 Å². The van der Waals surface area contributed by atoms with Crippen LogP contribution in [0.5, 0.6) is 0 Å². The number of unbranched alkanes of at least 4 members (excludes halogenated alkanes) is 5. The third-order valence-electron chi connectivity index (χ3n) is 2.62. The number of carboxylic acid groups (broad SMARTS) is 4. The number of aliphatic hydroxyl groups excluding tert-OH is 1. The third-order valence-corrected chi connectivity index (χ3v) is 2.62. The minimum atomic E-state index is -1.08. The lowest BCUT2D eigenvalue weighted by Gasteiger charge is -1.95. The van der Waals surface area contributed by atoms with E-state index in [9.17, 15) is 19.2 Å². The van der Waals surface area contributed by atoms with Gasteiger partial charge in [0.2, 0.25) is 0 Å². The van der Waals surface area contributed by atoms with Gasteiger partial charge in [-0.2, -0.15) is 0 Å². The first-order valence-electron chi connectivity index (χ1n) is 8.15. The van der Waals surface area contributed by atoms with Crippen LogP contribution in [0.1, 0.15) is 71.1 Å². The summed E-state index contributed by atoms with van der Waals surface area (Å²) in [6, 6.07) is 0. The Labute approximate surface area is 147 Å². The molecule has 5 N–H and O–H groups in total. The van der Waals surface area contributed by atoms with Gasteiger partial charge in [-0.15, -0.1) is 0 Å². The van der Waals surface area contributed by atoms with Crippen molar-refractivity contribution in [2.45, 2.75) is 71.1 Å². The smallest absolute Gasteiger partial charge is 0.303 e. The highest BCUT2D eigenvalue weighted by atomic mass is 16.4. The highest BCUT2D eigenvalue weighted by Crippen LogP contribution is 2.03. The lowest BCUT2D eigenvalue weighted by Crippen LogP contribution is -2.00. The van der Waals surface area contributed by atoms with Gasteiger partial charge >= 0.3 is 23.9 Å². The third kappa shape index (κ3) is 44.9. The van der Waals surface area contributed by atoms with Gasteiger partial charge in [-0.05, 0) is 6.42 Å². The molecular formula is C16H30O9. The lowest BCUT2D eigenvalue weighted by atomic mass is 10.1. The molecule has 9 heteroatoms. The molecule has 0 saturated heterocycles. The molecule has 0 aliphatic carbocycles. The molecule has 0 amide bonds. The largest absolute Gasteiger partial charge is 0.481 e. The van der Waals surface area contributed by atoms with Crippen LogP contribution >= 0.6 is 0 Å². The molecule has 148 valence electrons. The van der Waals surface area contributed by atoms with Crippen molar-refractivity contribution in [2.75, 3.05) is 6.61 Å². The van der Waals surface area contributed by atoms with Crippen LogP contribution in [0.25, 0.3) is 0 Å². The van der Waals surface area contributed by atoms with Gasteiger partial charge in [0.05, 0.1) is 25.7 Å². The number of aliphatic hydroxyl groups is 1. The maximum atomic E-state index is 9.64. The minimum Gasteiger partial charge on any atom is -0.481 e. The van der Waals surface area contributed by atoms with E-state index in [2.05, 4.69) is 6.92 Å². The molecule has 0 aromatic carbocycles. The Balaban J connectivity index is -0.000000291. The number of hydrogen-bond acceptors (Lipinski definition) is 5. The maximum Gasteiger partial charge on any atom is 0.303 e. The monoisotopic (exact) mass is 366 g/mol. The van der Waals surface area contributed by atoms with Crippen molar-refractivity contribution >= 4 is 23.9 Å². The number of rotatable bonds is 12. The van der Waals surface area contributed by atoms with Crippen LogP contribution in [0.15, 0.2) is 0 Å². The van der Waals surface area contributed by atoms with Crippen LogP contribution in [0.3, 0.4) is 0 Å². The van der Waals surface area contributed by atoms with E-state index >= 15 is 0 Å². The highest BCUT2D eigenvalue weighted by Gasteiger charge is 2.01. The van der Waals surface area contributed by atoms with Gasteiger partial charge in [-0.25, -0.2) is 0 Å². The van der Waals surface area contributed by atoms with Crippen molar-refractivity contribution in [1.29, 1.82) is 0 Å². The van der Waals surface area contributed by atoms with Gasteiger partial charge in [0.15, 0.2) is 0 Å². The van der Waals surface area contributed by atoms with Crippen molar-refractivity contribution in [3.05, 3.63) is 0 Å². The Kier molecular flexibility index (Phi) is 24.2. The van der Waals surface area contributed by atoms with E-state index in [1.807, 2.05) is 0 Å². The van der Waals surface area contributed by atoms with E-state index in [0.29, 0.717) is 6.61 Å². The fourth-order valence-corrected chi connectivity index (χ4v) is 1.32. The quantitative estimate of drug-likeness (QED) is 0.325. The Morgan fingerprint density at radius 1 is 0.560 bits per heavy atom. The van der Waals surface area contributed by atoms with E-state index in [4.69, 9.17) is 25.5 Å². The summed E-state index contributed by atoms with van der Waals surface area (Å²) in [4.78, 5) is 38.6. The molecule has 0 heterocycles. The summed E-state index contributed by atoms with van der Waals surface area (Å²) in [7, 11) is 0. The standard InChI is InChI=1S/C8H18O.2C4H6O4/c1-2-3-4-5-6-7-8-9;2*5-3(6)1-2-4(7)8/h9H,2-8H2,1H3;2*1-2H2,(H,5,6)(H,7,8). The average molecular weight is 366 g/mol. The van der Waals surface area contributed by atoms with Crippen LogP contribution in [-0.4, -0.2) is 56.0 Å². The normalized spacial score (nSPS) is 9.04. The molecule has 25 heavy (non-hydrogen) atoms. The highest BCUT2D eigenvalue weighted by molar-refractivity contribution is 5.75. The molecule has 0 aromatic heterocycles. The number of aliphatic carboxylic acids is 4. The number of hydrogen-bond donors (Lipinski definition) is 5. The Hall–Kier alpha value is -2.16. The summed E-state index contributed by atoms with van der Waals surface area (Å²) in [5.74, 6) is -4.31. The fourth-order valence-electron chi connectivity index (χ4n) is 1.32. The van der Waals surface area contributed by atoms with E-state index in [1.165, 1.54) is 32.1 Å². The molecule has 9 nitrogen and oxygen atoms in total. The summed E-state index contributed by atoms with van der Waals surface area (Å²) in [6.45, 7) is 2.58. The summed E-state index contributed by atoms with van der Waals surface area (Å²) < 4.78 is 0. The molecule has 0 atom stereocenters. The Bertz CT molecular complexity index is 305. The van der Waals surface area contributed by atoms with Crippen LogP contribution in [0.2, 0.25) is 0 Å². The first kappa shape index (κ1) is 27.7. The lowest BCUT2D eigenvalue weighted by molar-refractivity contribution is -0.143. The summed E-state index contributed by atoms with van der Waals surface area (Å²) >= 11 is 0. The van der Waals surface area contributed by atoms with Crippen molar-refractivity contribution in [3.63, 3.8) is 0 Å². The predicted molar refractivity (Wildman–Crippen MR) is 89.5 cm³/mol. The van der Waals surface area contributed by atoms with Crippen LogP contribution < -0.4 is 0 Å². The average Bonchev–Trinajstić information content (AvgIpc) is 2.52. The van der Waals surface area contributed by atoms with Crippen LogP contribution in [-0.2, 0) is 19.2 Å². The molecule has 0 bridgehead atoms. The van der Waals surface area contributed by atoms with Crippen LogP contribution in [0.4, 0.5) is 0 Å². The zero-order valence-corrected chi connectivity index (χ0v) is 14.6. The van der Waals surface area contributed by atoms with E-state index < -0.39 is 23.9 Å². The minimum absolute atomic E-state index is 0.296. The zero-order chi connectivity index (χ0) is 20.1. The van der Waals surface area contributed by atoms with Gasteiger partial charge in [0.1, 0.15) is 0 Å². The molecule has 0 spiro atoms. The molecule has 0 rings (SSSR count). The summed E-state index contributed by atoms with van der Waals surface area (Å²) in [5, 5.41) is 40.0. The zero-order valence-electron chi connectivity index (χ0n) is 14.6. The van der Waals surface area contributed by atoms with Gasteiger partial charge in [-0.1, -0.05) is 39.0 Å². The number of carbonyl (C=O) groups is 4. The fraction of sp³-hybridized carbons (Fsp3) is 0.750. The van der Waals surface area contributed by atoms with E-state index in [-0.39, 0.29) is 25.7 Å². The van der Waals surface area contributed by atoms with Crippen molar-refractivity contribution in [1.82, 2.24) is 0 Å². The second-order valence-corrected chi connectivity index (χ2v) is 5.07. The first-order chi connectivity index (χ1) is 11.7. The summed E-state index contributed by atoms with van der Waals surface area (Å²) in [5.41, 5.74) is 0. The first-order valence-corrected chi connectivity index (χ1v) is 8.15. The molecular weight excluding hydrogens is 336 g/mol. The van der Waals surface area contributed by atoms with E-state index in [0.717, 1.165) is 6.42 Å². The Morgan fingerprint density at radius 2 is 0.840 bits per heavy atom. The van der Waals surface area contributed by atoms with Gasteiger partial charge in [0.25, 0.3) is 0 Å². The molecule has 0 unspecified atom stereocenters. The maximum absolute atomic E-state index is 9.64.